The molecule has 2 aromatic carbocycles. The maximum atomic E-state index is 11.4. The molecule has 3 atom stereocenters. The van der Waals surface area contributed by atoms with E-state index in [1.165, 1.54) is 17.8 Å². The summed E-state index contributed by atoms with van der Waals surface area (Å²) in [5.74, 6) is -0.880. The Bertz CT molecular complexity index is 797. The normalized spacial score (nSPS) is 20.5. The highest BCUT2D eigenvalue weighted by atomic mass is 16.3. The van der Waals surface area contributed by atoms with Crippen molar-refractivity contribution < 1.29 is 15.0 Å². The predicted molar refractivity (Wildman–Crippen MR) is 110 cm³/mol. The molecule has 2 aromatic rings. The minimum absolute atomic E-state index is 0.0266. The van der Waals surface area contributed by atoms with E-state index in [2.05, 4.69) is 41.5 Å². The highest BCUT2D eigenvalue weighted by Crippen LogP contribution is 2.27. The summed E-state index contributed by atoms with van der Waals surface area (Å²) >= 11 is 0. The summed E-state index contributed by atoms with van der Waals surface area (Å²) in [5, 5.41) is 23.7. The van der Waals surface area contributed by atoms with Crippen molar-refractivity contribution in [2.75, 3.05) is 18.5 Å². The van der Waals surface area contributed by atoms with Crippen LogP contribution in [0.2, 0.25) is 0 Å². The molecule has 3 rings (SSSR count). The first kappa shape index (κ1) is 20.2. The van der Waals surface area contributed by atoms with E-state index in [1.54, 1.807) is 6.07 Å². The fourth-order valence-electron chi connectivity index (χ4n) is 3.93. The van der Waals surface area contributed by atoms with Gasteiger partial charge in [0.05, 0.1) is 11.7 Å². The van der Waals surface area contributed by atoms with Gasteiger partial charge in [0.2, 0.25) is 0 Å². The quantitative estimate of drug-likeness (QED) is 0.589. The van der Waals surface area contributed by atoms with Crippen molar-refractivity contribution in [2.24, 2.45) is 5.73 Å². The third-order valence-corrected chi connectivity index (χ3v) is 5.63. The van der Waals surface area contributed by atoms with Crippen LogP contribution >= 0.6 is 0 Å². The second-order valence-electron chi connectivity index (χ2n) is 7.53. The van der Waals surface area contributed by atoms with E-state index in [9.17, 15) is 15.0 Å². The van der Waals surface area contributed by atoms with Gasteiger partial charge in [-0.2, -0.15) is 0 Å². The van der Waals surface area contributed by atoms with Crippen molar-refractivity contribution in [2.45, 2.75) is 43.9 Å². The van der Waals surface area contributed by atoms with Crippen LogP contribution in [-0.4, -0.2) is 41.8 Å². The monoisotopic (exact) mass is 383 g/mol. The lowest BCUT2D eigenvalue weighted by molar-refractivity contribution is 0.0997. The number of nitrogens with one attached hydrogen (secondary N) is 1. The number of hydrogen-bond donors (Lipinski definition) is 4. The first-order valence-electron chi connectivity index (χ1n) is 9.77. The maximum Gasteiger partial charge on any atom is 0.252 e. The zero-order chi connectivity index (χ0) is 20.1. The lowest BCUT2D eigenvalue weighted by Crippen LogP contribution is -2.44. The van der Waals surface area contributed by atoms with Crippen molar-refractivity contribution in [3.05, 3.63) is 59.7 Å². The van der Waals surface area contributed by atoms with Gasteiger partial charge in [0, 0.05) is 31.4 Å². The highest BCUT2D eigenvalue weighted by molar-refractivity contribution is 5.95. The SMILES string of the molecule is CN(c1ccccc1)[C@@H]1CCC[C@H](NCC(O)c2ccc(O)c(C(N)=O)c2)C1. The summed E-state index contributed by atoms with van der Waals surface area (Å²) in [6.07, 6.45) is 3.62. The van der Waals surface area contributed by atoms with Crippen LogP contribution < -0.4 is 16.0 Å². The summed E-state index contributed by atoms with van der Waals surface area (Å²) in [4.78, 5) is 13.7. The first-order chi connectivity index (χ1) is 13.5. The molecule has 1 unspecified atom stereocenters. The van der Waals surface area contributed by atoms with Crippen LogP contribution in [0, 0.1) is 0 Å². The van der Waals surface area contributed by atoms with E-state index in [0.717, 1.165) is 25.7 Å². The molecule has 1 saturated carbocycles. The van der Waals surface area contributed by atoms with Gasteiger partial charge in [-0.3, -0.25) is 4.79 Å². The third kappa shape index (κ3) is 4.82. The topological polar surface area (TPSA) is 98.8 Å². The Morgan fingerprint density at radius 3 is 2.71 bits per heavy atom. The van der Waals surface area contributed by atoms with Crippen molar-refractivity contribution >= 4 is 11.6 Å². The zero-order valence-electron chi connectivity index (χ0n) is 16.2. The number of nitrogens with zero attached hydrogens (tertiary/aromatic N) is 1. The van der Waals surface area contributed by atoms with Crippen molar-refractivity contribution in [1.29, 1.82) is 0 Å². The van der Waals surface area contributed by atoms with E-state index in [0.29, 0.717) is 24.2 Å². The Kier molecular flexibility index (Phi) is 6.54. The summed E-state index contributed by atoms with van der Waals surface area (Å²) in [5.41, 5.74) is 7.07. The highest BCUT2D eigenvalue weighted by Gasteiger charge is 2.25. The summed E-state index contributed by atoms with van der Waals surface area (Å²) in [6.45, 7) is 0.384. The van der Waals surface area contributed by atoms with E-state index in [4.69, 9.17) is 5.73 Å². The minimum Gasteiger partial charge on any atom is -0.507 e. The molecule has 1 amide bonds. The average molecular weight is 383 g/mol. The molecule has 0 aromatic heterocycles. The van der Waals surface area contributed by atoms with E-state index in [-0.39, 0.29) is 11.3 Å². The standard InChI is InChI=1S/C22H29N3O3/c1-25(17-7-3-2-4-8-17)18-9-5-6-16(13-18)24-14-21(27)15-10-11-20(26)19(12-15)22(23)28/h2-4,7-8,10-12,16,18,21,24,26-27H,5-6,9,13-14H2,1H3,(H2,23,28)/t16-,18+,21?/m0/s1. The Labute approximate surface area is 166 Å². The van der Waals surface area contributed by atoms with Crippen LogP contribution in [0.4, 0.5) is 5.69 Å². The Morgan fingerprint density at radius 1 is 1.25 bits per heavy atom. The number of aliphatic hydroxyl groups is 1. The number of nitrogens with two attached hydrogens (primary N) is 1. The number of hydrogen-bond acceptors (Lipinski definition) is 5. The smallest absolute Gasteiger partial charge is 0.252 e. The van der Waals surface area contributed by atoms with Gasteiger partial charge in [-0.05, 0) is 55.5 Å². The Hall–Kier alpha value is -2.57. The number of rotatable bonds is 7. The number of phenols is 1. The molecular formula is C22H29N3O3. The number of anilines is 1. The number of carbonyl (C=O) groups is 1. The van der Waals surface area contributed by atoms with Crippen LogP contribution in [0.5, 0.6) is 5.75 Å². The fourth-order valence-corrected chi connectivity index (χ4v) is 3.93. The molecule has 6 nitrogen and oxygen atoms in total. The largest absolute Gasteiger partial charge is 0.507 e. The number of amides is 1. The summed E-state index contributed by atoms with van der Waals surface area (Å²) in [7, 11) is 2.14. The molecule has 28 heavy (non-hydrogen) atoms. The molecule has 150 valence electrons. The molecular weight excluding hydrogens is 354 g/mol. The van der Waals surface area contributed by atoms with Gasteiger partial charge >= 0.3 is 0 Å². The fraction of sp³-hybridized carbons (Fsp3) is 0.409. The number of para-hydroxylation sites is 1. The predicted octanol–water partition coefficient (Wildman–Crippen LogP) is 2.56. The van der Waals surface area contributed by atoms with Gasteiger partial charge in [-0.25, -0.2) is 0 Å². The molecule has 1 aliphatic carbocycles. The average Bonchev–Trinajstić information content (AvgIpc) is 2.72. The van der Waals surface area contributed by atoms with Gasteiger partial charge in [0.1, 0.15) is 5.75 Å². The lowest BCUT2D eigenvalue weighted by Gasteiger charge is -2.37. The molecule has 5 N–H and O–H groups in total. The van der Waals surface area contributed by atoms with Crippen LogP contribution in [0.25, 0.3) is 0 Å². The van der Waals surface area contributed by atoms with E-state index < -0.39 is 12.0 Å². The van der Waals surface area contributed by atoms with Crippen LogP contribution in [-0.2, 0) is 0 Å². The van der Waals surface area contributed by atoms with Crippen molar-refractivity contribution in [1.82, 2.24) is 5.32 Å². The zero-order valence-corrected chi connectivity index (χ0v) is 16.2. The van der Waals surface area contributed by atoms with Crippen molar-refractivity contribution in [3.8, 4) is 5.75 Å². The third-order valence-electron chi connectivity index (χ3n) is 5.63. The second kappa shape index (κ2) is 9.08. The molecule has 6 heteroatoms. The Morgan fingerprint density at radius 2 is 2.00 bits per heavy atom. The maximum absolute atomic E-state index is 11.4. The number of aromatic hydroxyl groups is 1. The molecule has 0 aliphatic heterocycles. The molecule has 0 saturated heterocycles. The number of primary amides is 1. The van der Waals surface area contributed by atoms with Crippen LogP contribution in [0.3, 0.4) is 0 Å². The summed E-state index contributed by atoms with van der Waals surface area (Å²) in [6, 6.07) is 15.6. The van der Waals surface area contributed by atoms with Crippen LogP contribution in [0.15, 0.2) is 48.5 Å². The molecule has 0 heterocycles. The number of carbonyl (C=O) groups excluding carboxylic acids is 1. The minimum atomic E-state index is -0.772. The van der Waals surface area contributed by atoms with Gasteiger partial charge in [0.15, 0.2) is 0 Å². The van der Waals surface area contributed by atoms with E-state index in [1.807, 2.05) is 6.07 Å². The number of benzene rings is 2. The molecule has 1 aliphatic rings. The molecule has 0 radical (unpaired) electrons. The Balaban J connectivity index is 1.57. The van der Waals surface area contributed by atoms with Crippen LogP contribution in [0.1, 0.15) is 47.7 Å². The van der Waals surface area contributed by atoms with Gasteiger partial charge in [-0.15, -0.1) is 0 Å². The van der Waals surface area contributed by atoms with Crippen molar-refractivity contribution in [3.63, 3.8) is 0 Å². The van der Waals surface area contributed by atoms with Gasteiger partial charge in [-0.1, -0.05) is 24.3 Å². The van der Waals surface area contributed by atoms with Gasteiger partial charge in [0.25, 0.3) is 5.91 Å². The molecule has 0 bridgehead atoms. The van der Waals surface area contributed by atoms with Gasteiger partial charge < -0.3 is 26.2 Å². The number of aliphatic hydroxyl groups excluding tert-OH is 1. The lowest BCUT2D eigenvalue weighted by atomic mass is 9.89. The molecule has 1 fully saturated rings. The molecule has 0 spiro atoms. The second-order valence-corrected chi connectivity index (χ2v) is 7.53. The van der Waals surface area contributed by atoms with E-state index >= 15 is 0 Å². The first-order valence-corrected chi connectivity index (χ1v) is 9.77. The summed E-state index contributed by atoms with van der Waals surface area (Å²) < 4.78 is 0.